The third-order valence-electron chi connectivity index (χ3n) is 13.5. The zero-order valence-electron chi connectivity index (χ0n) is 44.4. The van der Waals surface area contributed by atoms with Gasteiger partial charge in [-0.3, -0.25) is 4.79 Å². The van der Waals surface area contributed by atoms with Gasteiger partial charge in [0, 0.05) is 13.0 Å². The Morgan fingerprint density at radius 3 is 1.28 bits per heavy atom. The van der Waals surface area contributed by atoms with Crippen LogP contribution in [-0.4, -0.2) is 89.6 Å². The number of hydrogen-bond donors (Lipinski definition) is 4. The Labute approximate surface area is 419 Å². The van der Waals surface area contributed by atoms with Crippen LogP contribution >= 0.6 is 0 Å². The minimum absolute atomic E-state index is 0.112. The average Bonchev–Trinajstić information content (AvgIpc) is 3.34. The number of hydrogen-bond acceptors (Lipinski definition) is 9. The van der Waals surface area contributed by atoms with E-state index in [1.165, 1.54) is 212 Å². The van der Waals surface area contributed by atoms with Crippen molar-refractivity contribution in [3.8, 4) is 0 Å². The third kappa shape index (κ3) is 40.1. The summed E-state index contributed by atoms with van der Waals surface area (Å²) in [5.74, 6) is -0.312. The molecular weight excluding hydrogens is 853 g/mol. The maximum Gasteiger partial charge on any atom is 0.306 e. The van der Waals surface area contributed by atoms with Gasteiger partial charge in [0.1, 0.15) is 30.5 Å². The van der Waals surface area contributed by atoms with Crippen molar-refractivity contribution in [2.75, 3.05) is 26.4 Å². The lowest BCUT2D eigenvalue weighted by Gasteiger charge is -2.39. The Morgan fingerprint density at radius 1 is 0.471 bits per heavy atom. The van der Waals surface area contributed by atoms with Gasteiger partial charge in [0.15, 0.2) is 6.29 Å². The van der Waals surface area contributed by atoms with E-state index in [4.69, 9.17) is 18.9 Å². The van der Waals surface area contributed by atoms with Gasteiger partial charge in [-0.2, -0.15) is 0 Å². The number of esters is 1. The first-order valence-corrected chi connectivity index (χ1v) is 29.1. The van der Waals surface area contributed by atoms with Gasteiger partial charge in [-0.05, 0) is 70.6 Å². The topological polar surface area (TPSA) is 135 Å². The van der Waals surface area contributed by atoms with Gasteiger partial charge in [-0.1, -0.05) is 230 Å². The van der Waals surface area contributed by atoms with Crippen molar-refractivity contribution in [3.05, 3.63) is 36.5 Å². The van der Waals surface area contributed by atoms with Crippen LogP contribution in [0.15, 0.2) is 36.5 Å². The van der Waals surface area contributed by atoms with E-state index in [1.54, 1.807) is 0 Å². The molecule has 9 nitrogen and oxygen atoms in total. The summed E-state index contributed by atoms with van der Waals surface area (Å²) >= 11 is 0. The van der Waals surface area contributed by atoms with Crippen LogP contribution in [0.4, 0.5) is 0 Å². The van der Waals surface area contributed by atoms with Crippen LogP contribution in [-0.2, 0) is 23.7 Å². The summed E-state index contributed by atoms with van der Waals surface area (Å²) in [4.78, 5) is 12.9. The molecule has 1 fully saturated rings. The Hall–Kier alpha value is -1.59. The highest BCUT2D eigenvalue weighted by Gasteiger charge is 2.44. The summed E-state index contributed by atoms with van der Waals surface area (Å²) < 4.78 is 23.0. The summed E-state index contributed by atoms with van der Waals surface area (Å²) in [6, 6.07) is 0. The van der Waals surface area contributed by atoms with E-state index < -0.39 is 43.4 Å². The summed E-state index contributed by atoms with van der Waals surface area (Å²) in [6.45, 7) is 4.59. The Balaban J connectivity index is 2.15. The van der Waals surface area contributed by atoms with E-state index in [-0.39, 0.29) is 19.2 Å². The lowest BCUT2D eigenvalue weighted by Crippen LogP contribution is -2.59. The number of carbonyl (C=O) groups excluding carboxylic acids is 1. The van der Waals surface area contributed by atoms with Crippen molar-refractivity contribution in [3.63, 3.8) is 0 Å². The van der Waals surface area contributed by atoms with Gasteiger partial charge < -0.3 is 39.4 Å². The molecule has 68 heavy (non-hydrogen) atoms. The molecule has 1 aliphatic rings. The van der Waals surface area contributed by atoms with E-state index in [0.29, 0.717) is 13.0 Å². The normalized spacial score (nSPS) is 19.3. The lowest BCUT2D eigenvalue weighted by atomic mass is 9.99. The largest absolute Gasteiger partial charge is 0.457 e. The molecule has 0 spiro atoms. The molecule has 0 aromatic rings. The maximum atomic E-state index is 12.9. The molecule has 400 valence electrons. The first-order valence-electron chi connectivity index (χ1n) is 29.1. The fraction of sp³-hybridized carbons (Fsp3) is 0.881. The first kappa shape index (κ1) is 64.4. The molecule has 0 amide bonds. The zero-order chi connectivity index (χ0) is 49.2. The van der Waals surface area contributed by atoms with Gasteiger partial charge in [0.05, 0.1) is 19.8 Å². The maximum absolute atomic E-state index is 12.9. The first-order chi connectivity index (χ1) is 33.4. The lowest BCUT2D eigenvalue weighted by molar-refractivity contribution is -0.305. The van der Waals surface area contributed by atoms with Gasteiger partial charge in [-0.25, -0.2) is 0 Å². The highest BCUT2D eigenvalue weighted by atomic mass is 16.7. The van der Waals surface area contributed by atoms with E-state index >= 15 is 0 Å². The van der Waals surface area contributed by atoms with Crippen LogP contribution in [0.2, 0.25) is 0 Å². The van der Waals surface area contributed by atoms with Crippen LogP contribution < -0.4 is 0 Å². The van der Waals surface area contributed by atoms with E-state index in [1.807, 2.05) is 0 Å². The number of aliphatic hydroxyl groups excluding tert-OH is 4. The molecular formula is C59H110O9. The number of unbranched alkanes of at least 4 members (excludes halogenated alkanes) is 34. The number of carbonyl (C=O) groups is 1. The monoisotopic (exact) mass is 963 g/mol. The molecule has 1 rings (SSSR count). The SMILES string of the molecule is CCCCCCC/C=C\C/C=C\CCCCCCCCCCCCCCOCC(COC1OC(CO)C(O)C(O)C1O)OC(=O)CCCCCCCCCCC/C=C\CCCCCCCCCC. The highest BCUT2D eigenvalue weighted by molar-refractivity contribution is 5.69. The second-order valence-electron chi connectivity index (χ2n) is 20.1. The van der Waals surface area contributed by atoms with Crippen molar-refractivity contribution >= 4 is 5.97 Å². The molecule has 0 aliphatic carbocycles. The number of aliphatic hydroxyl groups is 4. The molecule has 0 bridgehead atoms. The van der Waals surface area contributed by atoms with Crippen molar-refractivity contribution in [1.29, 1.82) is 0 Å². The van der Waals surface area contributed by atoms with Crippen LogP contribution in [0.3, 0.4) is 0 Å². The fourth-order valence-electron chi connectivity index (χ4n) is 8.99. The van der Waals surface area contributed by atoms with Crippen molar-refractivity contribution in [1.82, 2.24) is 0 Å². The fourth-order valence-corrected chi connectivity index (χ4v) is 8.99. The Bertz CT molecular complexity index is 1140. The van der Waals surface area contributed by atoms with Gasteiger partial charge in [0.25, 0.3) is 0 Å². The molecule has 0 aromatic heterocycles. The highest BCUT2D eigenvalue weighted by Crippen LogP contribution is 2.23. The second-order valence-corrected chi connectivity index (χ2v) is 20.1. The smallest absolute Gasteiger partial charge is 0.306 e. The minimum atomic E-state index is -1.54. The quantitative estimate of drug-likeness (QED) is 0.0267. The van der Waals surface area contributed by atoms with Gasteiger partial charge in [0.2, 0.25) is 0 Å². The average molecular weight is 964 g/mol. The van der Waals surface area contributed by atoms with Crippen LogP contribution in [0.1, 0.15) is 271 Å². The molecule has 4 N–H and O–H groups in total. The Kier molecular flexibility index (Phi) is 47.7. The minimum Gasteiger partial charge on any atom is -0.457 e. The van der Waals surface area contributed by atoms with E-state index in [9.17, 15) is 25.2 Å². The summed E-state index contributed by atoms with van der Waals surface area (Å²) in [5.41, 5.74) is 0. The molecule has 6 atom stereocenters. The van der Waals surface area contributed by atoms with Crippen LogP contribution in [0, 0.1) is 0 Å². The number of ether oxygens (including phenoxy) is 4. The van der Waals surface area contributed by atoms with Gasteiger partial charge in [-0.15, -0.1) is 0 Å². The Morgan fingerprint density at radius 2 is 0.853 bits per heavy atom. The number of rotatable bonds is 51. The third-order valence-corrected chi connectivity index (χ3v) is 13.5. The molecule has 0 saturated carbocycles. The molecule has 1 saturated heterocycles. The molecule has 0 radical (unpaired) electrons. The van der Waals surface area contributed by atoms with Crippen LogP contribution in [0.5, 0.6) is 0 Å². The van der Waals surface area contributed by atoms with Crippen LogP contribution in [0.25, 0.3) is 0 Å². The van der Waals surface area contributed by atoms with Crippen molar-refractivity contribution in [2.45, 2.75) is 307 Å². The molecule has 9 heteroatoms. The van der Waals surface area contributed by atoms with Crippen molar-refractivity contribution < 1.29 is 44.2 Å². The van der Waals surface area contributed by atoms with E-state index in [2.05, 4.69) is 50.3 Å². The second kappa shape index (κ2) is 50.4. The molecule has 1 aliphatic heterocycles. The molecule has 0 aromatic carbocycles. The summed E-state index contributed by atoms with van der Waals surface area (Å²) in [6.07, 6.45) is 56.2. The number of allylic oxidation sites excluding steroid dienone is 6. The standard InChI is InChI=1S/C59H110O9/c1-3-5-7-9-11-13-15-17-19-21-23-25-26-27-29-31-33-35-37-39-41-43-45-47-49-65-51-53(52-66-59-58(64)57(63)56(62)54(50-60)68-59)67-55(61)48-46-44-42-40-38-36-34-32-30-28-24-22-20-18-16-14-12-10-8-6-4-2/h15,17,21-24,53-54,56-60,62-64H,3-14,16,18-20,25-52H2,1-2H3/b17-15-,23-21-,24-22-. The summed E-state index contributed by atoms with van der Waals surface area (Å²) in [7, 11) is 0. The molecule has 6 unspecified atom stereocenters. The van der Waals surface area contributed by atoms with Crippen molar-refractivity contribution in [2.24, 2.45) is 0 Å². The van der Waals surface area contributed by atoms with Gasteiger partial charge >= 0.3 is 5.97 Å². The summed E-state index contributed by atoms with van der Waals surface area (Å²) in [5, 5.41) is 40.4. The molecule has 1 heterocycles. The predicted octanol–water partition coefficient (Wildman–Crippen LogP) is 15.0. The predicted molar refractivity (Wildman–Crippen MR) is 284 cm³/mol. The van der Waals surface area contributed by atoms with E-state index in [0.717, 1.165) is 38.5 Å². The zero-order valence-corrected chi connectivity index (χ0v) is 44.4.